The summed E-state index contributed by atoms with van der Waals surface area (Å²) in [5, 5.41) is 7.41. The lowest BCUT2D eigenvalue weighted by molar-refractivity contribution is 1.28. The summed E-state index contributed by atoms with van der Waals surface area (Å²) in [4.78, 5) is 4.67. The van der Waals surface area contributed by atoms with E-state index in [2.05, 4.69) is 216 Å². The van der Waals surface area contributed by atoms with Crippen LogP contribution in [0.25, 0.3) is 43.4 Å². The molecule has 0 heterocycles. The van der Waals surface area contributed by atoms with Gasteiger partial charge in [-0.3, -0.25) is 0 Å². The predicted molar refractivity (Wildman–Crippen MR) is 214 cm³/mol. The summed E-state index contributed by atoms with van der Waals surface area (Å²) in [6.07, 6.45) is 0. The maximum absolute atomic E-state index is 2.37. The van der Waals surface area contributed by atoms with Gasteiger partial charge in [0.25, 0.3) is 0 Å². The van der Waals surface area contributed by atoms with Crippen molar-refractivity contribution in [1.29, 1.82) is 0 Å². The lowest BCUT2D eigenvalue weighted by Gasteiger charge is -2.27. The summed E-state index contributed by atoms with van der Waals surface area (Å²) in [6, 6.07) is 74.0. The zero-order chi connectivity index (χ0) is 33.3. The van der Waals surface area contributed by atoms with Gasteiger partial charge < -0.3 is 9.80 Å². The summed E-state index contributed by atoms with van der Waals surface area (Å²) in [5.41, 5.74) is 9.24. The van der Waals surface area contributed by atoms with Crippen molar-refractivity contribution in [3.63, 3.8) is 0 Å². The first-order chi connectivity index (χ1) is 24.8. The van der Waals surface area contributed by atoms with Crippen LogP contribution in [-0.2, 0) is 0 Å². The van der Waals surface area contributed by atoms with Crippen molar-refractivity contribution in [2.75, 3.05) is 9.80 Å². The molecular weight excluding hydrogens is 605 g/mol. The highest BCUT2D eigenvalue weighted by atomic mass is 15.1. The van der Waals surface area contributed by atoms with Crippen LogP contribution in [0.4, 0.5) is 34.1 Å². The molecule has 236 valence electrons. The molecule has 0 aliphatic carbocycles. The van der Waals surface area contributed by atoms with E-state index in [1.165, 1.54) is 49.1 Å². The van der Waals surface area contributed by atoms with Crippen LogP contribution in [0.3, 0.4) is 0 Å². The van der Waals surface area contributed by atoms with Crippen LogP contribution in [-0.4, -0.2) is 0 Å². The van der Waals surface area contributed by atoms with Crippen LogP contribution in [0.5, 0.6) is 0 Å². The molecule has 0 amide bonds. The maximum Gasteiger partial charge on any atom is 0.0540 e. The van der Waals surface area contributed by atoms with Crippen LogP contribution >= 0.6 is 0 Å². The van der Waals surface area contributed by atoms with Gasteiger partial charge in [0.2, 0.25) is 0 Å². The zero-order valence-electron chi connectivity index (χ0n) is 27.5. The number of hydrogen-bond acceptors (Lipinski definition) is 2. The van der Waals surface area contributed by atoms with E-state index in [4.69, 9.17) is 0 Å². The van der Waals surface area contributed by atoms with Gasteiger partial charge in [-0.25, -0.2) is 0 Å². The number of nitrogens with zero attached hydrogens (tertiary/aromatic N) is 2. The molecule has 0 saturated carbocycles. The lowest BCUT2D eigenvalue weighted by atomic mass is 9.96. The Balaban J connectivity index is 1.08. The molecule has 9 aromatic carbocycles. The van der Waals surface area contributed by atoms with Crippen molar-refractivity contribution < 1.29 is 0 Å². The summed E-state index contributed by atoms with van der Waals surface area (Å²) < 4.78 is 0. The van der Waals surface area contributed by atoms with Crippen molar-refractivity contribution >= 4 is 66.4 Å². The third-order valence-corrected chi connectivity index (χ3v) is 9.59. The Hall–Kier alpha value is -6.64. The minimum Gasteiger partial charge on any atom is -0.311 e. The quantitative estimate of drug-likeness (QED) is 0.160. The Morgan fingerprint density at radius 3 is 1.38 bits per heavy atom. The monoisotopic (exact) mass is 638 g/mol. The number of rotatable bonds is 7. The van der Waals surface area contributed by atoms with Gasteiger partial charge in [0.1, 0.15) is 0 Å². The fourth-order valence-corrected chi connectivity index (χ4v) is 7.19. The van der Waals surface area contributed by atoms with Crippen molar-refractivity contribution in [3.05, 3.63) is 206 Å². The number of anilines is 6. The van der Waals surface area contributed by atoms with Crippen LogP contribution in [0.2, 0.25) is 0 Å². The van der Waals surface area contributed by atoms with Crippen molar-refractivity contribution in [2.24, 2.45) is 0 Å². The molecule has 0 radical (unpaired) electrons. The molecule has 0 fully saturated rings. The van der Waals surface area contributed by atoms with Crippen LogP contribution in [0.1, 0.15) is 0 Å². The Morgan fingerprint density at radius 1 is 0.240 bits per heavy atom. The highest BCUT2D eigenvalue weighted by molar-refractivity contribution is 6.10. The van der Waals surface area contributed by atoms with Gasteiger partial charge in [-0.15, -0.1) is 0 Å². The molecule has 0 aliphatic rings. The minimum absolute atomic E-state index is 1.13. The molecule has 0 spiro atoms. The van der Waals surface area contributed by atoms with Gasteiger partial charge in [-0.05, 0) is 111 Å². The summed E-state index contributed by atoms with van der Waals surface area (Å²) >= 11 is 0. The normalized spacial score (nSPS) is 11.2. The van der Waals surface area contributed by atoms with E-state index in [1.807, 2.05) is 0 Å². The first kappa shape index (κ1) is 29.5. The summed E-state index contributed by atoms with van der Waals surface area (Å²) in [5.74, 6) is 0. The SMILES string of the molecule is c1ccc(N(c2ccccc2)c2ccc(-c3ccc4c(ccc5cc(N(c6ccccc6)c6cccc7ccccc67)ccc54)c3)cc2)cc1. The van der Waals surface area contributed by atoms with Gasteiger partial charge in [0, 0.05) is 33.8 Å². The van der Waals surface area contributed by atoms with Gasteiger partial charge in [-0.2, -0.15) is 0 Å². The standard InChI is InChI=1S/C48H34N2/c1-4-15-40(16-5-1)49(41-17-6-2-7-18-41)43-28-25-35(26-29-43)37-27-31-45-38(33-37)23-24-39-34-44(30-32-46(39)45)50(42-19-8-3-9-20-42)48-22-12-14-36-13-10-11-21-47(36)48/h1-34H. The smallest absolute Gasteiger partial charge is 0.0540 e. The third-order valence-electron chi connectivity index (χ3n) is 9.59. The number of hydrogen-bond donors (Lipinski definition) is 0. The van der Waals surface area contributed by atoms with Crippen molar-refractivity contribution in [2.45, 2.75) is 0 Å². The molecular formula is C48H34N2. The Morgan fingerprint density at radius 2 is 0.720 bits per heavy atom. The van der Waals surface area contributed by atoms with Crippen LogP contribution < -0.4 is 9.80 Å². The van der Waals surface area contributed by atoms with E-state index in [0.29, 0.717) is 0 Å². The summed E-state index contributed by atoms with van der Waals surface area (Å²) in [7, 11) is 0. The summed E-state index contributed by atoms with van der Waals surface area (Å²) in [6.45, 7) is 0. The highest BCUT2D eigenvalue weighted by Gasteiger charge is 2.16. The molecule has 2 heteroatoms. The molecule has 50 heavy (non-hydrogen) atoms. The van der Waals surface area contributed by atoms with E-state index in [-0.39, 0.29) is 0 Å². The zero-order valence-corrected chi connectivity index (χ0v) is 27.5. The molecule has 0 N–H and O–H groups in total. The topological polar surface area (TPSA) is 6.48 Å². The fourth-order valence-electron chi connectivity index (χ4n) is 7.19. The molecule has 0 aliphatic heterocycles. The molecule has 0 atom stereocenters. The Bertz CT molecular complexity index is 2530. The first-order valence-electron chi connectivity index (χ1n) is 17.1. The first-order valence-corrected chi connectivity index (χ1v) is 17.1. The minimum atomic E-state index is 1.13. The molecule has 0 unspecified atom stereocenters. The highest BCUT2D eigenvalue weighted by Crippen LogP contribution is 2.41. The van der Waals surface area contributed by atoms with Gasteiger partial charge in [0.15, 0.2) is 0 Å². The van der Waals surface area contributed by atoms with Gasteiger partial charge >= 0.3 is 0 Å². The Labute approximate surface area is 292 Å². The number of benzene rings is 9. The third kappa shape index (κ3) is 5.43. The van der Waals surface area contributed by atoms with E-state index < -0.39 is 0 Å². The van der Waals surface area contributed by atoms with E-state index in [1.54, 1.807) is 0 Å². The number of fused-ring (bicyclic) bond motifs is 4. The molecule has 0 bridgehead atoms. The predicted octanol–water partition coefficient (Wildman–Crippen LogP) is 13.8. The largest absolute Gasteiger partial charge is 0.311 e. The molecule has 9 aromatic rings. The Kier molecular flexibility index (Phi) is 7.53. The molecule has 2 nitrogen and oxygen atoms in total. The van der Waals surface area contributed by atoms with E-state index in [0.717, 1.165) is 28.4 Å². The van der Waals surface area contributed by atoms with E-state index in [9.17, 15) is 0 Å². The van der Waals surface area contributed by atoms with Crippen molar-refractivity contribution in [3.8, 4) is 11.1 Å². The average Bonchev–Trinajstić information content (AvgIpc) is 3.19. The van der Waals surface area contributed by atoms with Crippen LogP contribution in [0.15, 0.2) is 206 Å². The number of para-hydroxylation sites is 3. The second-order valence-electron chi connectivity index (χ2n) is 12.6. The molecule has 0 aromatic heterocycles. The second kappa shape index (κ2) is 12.8. The maximum atomic E-state index is 2.37. The van der Waals surface area contributed by atoms with E-state index >= 15 is 0 Å². The van der Waals surface area contributed by atoms with Gasteiger partial charge in [-0.1, -0.05) is 133 Å². The van der Waals surface area contributed by atoms with Gasteiger partial charge in [0.05, 0.1) is 5.69 Å². The van der Waals surface area contributed by atoms with Crippen molar-refractivity contribution in [1.82, 2.24) is 0 Å². The molecule has 9 rings (SSSR count). The second-order valence-corrected chi connectivity index (χ2v) is 12.6. The fraction of sp³-hybridized carbons (Fsp3) is 0. The lowest BCUT2D eigenvalue weighted by Crippen LogP contribution is -2.10. The van der Waals surface area contributed by atoms with Crippen LogP contribution in [0, 0.1) is 0 Å². The average molecular weight is 639 g/mol. The molecule has 0 saturated heterocycles.